The molecule has 1 heterocycles. The first-order valence-electron chi connectivity index (χ1n) is 5.72. The van der Waals surface area contributed by atoms with Crippen LogP contribution in [0.4, 0.5) is 0 Å². The van der Waals surface area contributed by atoms with Gasteiger partial charge in [-0.05, 0) is 26.2 Å². The number of hydrogen-bond donors (Lipinski definition) is 1. The minimum absolute atomic E-state index is 0.277. The number of halogens is 1. The molecule has 0 amide bonds. The predicted octanol–water partition coefficient (Wildman–Crippen LogP) is 2.55. The Balaban J connectivity index is 1.98. The maximum absolute atomic E-state index is 6.09. The number of hydrogen-bond acceptors (Lipinski definition) is 2. The molecule has 0 aromatic carbocycles. The van der Waals surface area contributed by atoms with Crippen molar-refractivity contribution in [3.63, 3.8) is 0 Å². The Morgan fingerprint density at radius 2 is 2.29 bits per heavy atom. The van der Waals surface area contributed by atoms with Crippen LogP contribution in [0.15, 0.2) is 0 Å². The molecule has 0 spiro atoms. The lowest BCUT2D eigenvalue weighted by Gasteiger charge is -2.14. The van der Waals surface area contributed by atoms with E-state index in [0.29, 0.717) is 12.2 Å². The topological polar surface area (TPSA) is 21.3 Å². The summed E-state index contributed by atoms with van der Waals surface area (Å²) in [5.41, 5.74) is 0. The molecule has 1 saturated heterocycles. The molecule has 0 aromatic heterocycles. The first kappa shape index (κ1) is 12.3. The van der Waals surface area contributed by atoms with Crippen LogP contribution < -0.4 is 5.32 Å². The monoisotopic (exact) mass is 219 g/mol. The minimum Gasteiger partial charge on any atom is -0.374 e. The molecule has 1 fully saturated rings. The van der Waals surface area contributed by atoms with Gasteiger partial charge >= 0.3 is 0 Å². The molecule has 14 heavy (non-hydrogen) atoms. The predicted molar refractivity (Wildman–Crippen MR) is 61.0 cm³/mol. The molecule has 1 aliphatic rings. The molecule has 3 heteroatoms. The van der Waals surface area contributed by atoms with E-state index in [9.17, 15) is 0 Å². The summed E-state index contributed by atoms with van der Waals surface area (Å²) in [4.78, 5) is 0. The van der Waals surface area contributed by atoms with Crippen molar-refractivity contribution in [3.05, 3.63) is 0 Å². The van der Waals surface area contributed by atoms with Gasteiger partial charge in [-0.1, -0.05) is 13.3 Å². The highest BCUT2D eigenvalue weighted by atomic mass is 35.5. The zero-order valence-electron chi connectivity index (χ0n) is 9.26. The zero-order valence-corrected chi connectivity index (χ0v) is 10.0. The van der Waals surface area contributed by atoms with Crippen molar-refractivity contribution in [2.45, 2.75) is 57.1 Å². The number of ether oxygens (including phenoxy) is 1. The Labute approximate surface area is 92.3 Å². The highest BCUT2D eigenvalue weighted by Gasteiger charge is 2.21. The standard InChI is InChI=1S/C11H22ClNO/c1-3-4-10(12)7-13-8-11-6-5-9(2)14-11/h9-11,13H,3-8H2,1-2H3. The molecule has 0 saturated carbocycles. The van der Waals surface area contributed by atoms with Crippen molar-refractivity contribution in [1.82, 2.24) is 5.32 Å². The van der Waals surface area contributed by atoms with Crippen LogP contribution in [0.3, 0.4) is 0 Å². The average molecular weight is 220 g/mol. The second-order valence-electron chi connectivity index (χ2n) is 4.19. The summed E-state index contributed by atoms with van der Waals surface area (Å²) in [6.07, 6.45) is 5.50. The second-order valence-corrected chi connectivity index (χ2v) is 4.81. The molecule has 0 bridgehead atoms. The molecule has 84 valence electrons. The van der Waals surface area contributed by atoms with Crippen molar-refractivity contribution >= 4 is 11.6 Å². The zero-order chi connectivity index (χ0) is 10.4. The van der Waals surface area contributed by atoms with Crippen LogP contribution in [0.5, 0.6) is 0 Å². The summed E-state index contributed by atoms with van der Waals surface area (Å²) in [6, 6.07) is 0. The van der Waals surface area contributed by atoms with E-state index in [1.54, 1.807) is 0 Å². The Morgan fingerprint density at radius 3 is 2.86 bits per heavy atom. The van der Waals surface area contributed by atoms with Gasteiger partial charge in [0.05, 0.1) is 12.2 Å². The van der Waals surface area contributed by atoms with Crippen LogP contribution in [0.1, 0.15) is 39.5 Å². The molecule has 1 aliphatic heterocycles. The Kier molecular flexibility index (Phi) is 5.83. The quantitative estimate of drug-likeness (QED) is 0.694. The minimum atomic E-state index is 0.277. The lowest BCUT2D eigenvalue weighted by molar-refractivity contribution is 0.0562. The number of nitrogens with one attached hydrogen (secondary N) is 1. The SMILES string of the molecule is CCCC(Cl)CNCC1CCC(C)O1. The van der Waals surface area contributed by atoms with Crippen LogP contribution >= 0.6 is 11.6 Å². The number of rotatable bonds is 6. The molecule has 1 rings (SSSR count). The van der Waals surface area contributed by atoms with E-state index in [1.807, 2.05) is 0 Å². The fourth-order valence-electron chi connectivity index (χ4n) is 1.85. The van der Waals surface area contributed by atoms with Gasteiger partial charge in [-0.15, -0.1) is 11.6 Å². The fourth-order valence-corrected chi connectivity index (χ4v) is 2.18. The summed E-state index contributed by atoms with van der Waals surface area (Å²) >= 11 is 6.09. The van der Waals surface area contributed by atoms with Crippen molar-refractivity contribution < 1.29 is 4.74 Å². The van der Waals surface area contributed by atoms with Gasteiger partial charge < -0.3 is 10.1 Å². The molecule has 2 nitrogen and oxygen atoms in total. The molecule has 0 radical (unpaired) electrons. The summed E-state index contributed by atoms with van der Waals surface area (Å²) in [5, 5.41) is 3.65. The third-order valence-corrected chi connectivity index (χ3v) is 3.03. The molecule has 1 N–H and O–H groups in total. The lowest BCUT2D eigenvalue weighted by Crippen LogP contribution is -2.31. The van der Waals surface area contributed by atoms with Gasteiger partial charge in [-0.2, -0.15) is 0 Å². The maximum Gasteiger partial charge on any atom is 0.0704 e. The van der Waals surface area contributed by atoms with Crippen LogP contribution in [0, 0.1) is 0 Å². The van der Waals surface area contributed by atoms with Crippen LogP contribution in [-0.2, 0) is 4.74 Å². The first-order chi connectivity index (χ1) is 6.72. The van der Waals surface area contributed by atoms with Crippen molar-refractivity contribution in [2.24, 2.45) is 0 Å². The van der Waals surface area contributed by atoms with Gasteiger partial charge in [0.2, 0.25) is 0 Å². The molecular formula is C11H22ClNO. The van der Waals surface area contributed by atoms with Gasteiger partial charge in [-0.25, -0.2) is 0 Å². The smallest absolute Gasteiger partial charge is 0.0704 e. The maximum atomic E-state index is 6.09. The average Bonchev–Trinajstić information content (AvgIpc) is 2.52. The third-order valence-electron chi connectivity index (χ3n) is 2.66. The summed E-state index contributed by atoms with van der Waals surface area (Å²) in [7, 11) is 0. The Bertz CT molecular complexity index is 154. The van der Waals surface area contributed by atoms with E-state index in [2.05, 4.69) is 19.2 Å². The van der Waals surface area contributed by atoms with Crippen molar-refractivity contribution in [2.75, 3.05) is 13.1 Å². The Morgan fingerprint density at radius 1 is 1.50 bits per heavy atom. The van der Waals surface area contributed by atoms with Gasteiger partial charge in [0, 0.05) is 18.5 Å². The Hall–Kier alpha value is 0.210. The van der Waals surface area contributed by atoms with Crippen molar-refractivity contribution in [3.8, 4) is 0 Å². The highest BCUT2D eigenvalue weighted by molar-refractivity contribution is 6.20. The molecule has 0 aliphatic carbocycles. The van der Waals surface area contributed by atoms with E-state index in [-0.39, 0.29) is 5.38 Å². The normalized spacial score (nSPS) is 29.4. The molecular weight excluding hydrogens is 198 g/mol. The van der Waals surface area contributed by atoms with Gasteiger partial charge in [0.15, 0.2) is 0 Å². The second kappa shape index (κ2) is 6.65. The van der Waals surface area contributed by atoms with Gasteiger partial charge in [-0.3, -0.25) is 0 Å². The third kappa shape index (κ3) is 4.63. The van der Waals surface area contributed by atoms with E-state index >= 15 is 0 Å². The first-order valence-corrected chi connectivity index (χ1v) is 6.16. The summed E-state index contributed by atoms with van der Waals surface area (Å²) < 4.78 is 5.70. The summed E-state index contributed by atoms with van der Waals surface area (Å²) in [6.45, 7) is 6.17. The molecule has 3 atom stereocenters. The van der Waals surface area contributed by atoms with Crippen LogP contribution in [0.25, 0.3) is 0 Å². The fraction of sp³-hybridized carbons (Fsp3) is 1.00. The molecule has 0 aromatic rings. The van der Waals surface area contributed by atoms with Gasteiger partial charge in [0.1, 0.15) is 0 Å². The van der Waals surface area contributed by atoms with Crippen LogP contribution in [0.2, 0.25) is 0 Å². The largest absolute Gasteiger partial charge is 0.374 e. The summed E-state index contributed by atoms with van der Waals surface area (Å²) in [5.74, 6) is 0. The molecule has 3 unspecified atom stereocenters. The van der Waals surface area contributed by atoms with E-state index in [0.717, 1.165) is 25.9 Å². The van der Waals surface area contributed by atoms with Crippen LogP contribution in [-0.4, -0.2) is 30.7 Å². The lowest BCUT2D eigenvalue weighted by atomic mass is 10.2. The van der Waals surface area contributed by atoms with E-state index < -0.39 is 0 Å². The van der Waals surface area contributed by atoms with Crippen molar-refractivity contribution in [1.29, 1.82) is 0 Å². The van der Waals surface area contributed by atoms with Gasteiger partial charge in [0.25, 0.3) is 0 Å². The highest BCUT2D eigenvalue weighted by Crippen LogP contribution is 2.18. The van der Waals surface area contributed by atoms with E-state index in [4.69, 9.17) is 16.3 Å². The van der Waals surface area contributed by atoms with E-state index in [1.165, 1.54) is 12.8 Å². The number of alkyl halides is 1.